The molecule has 1 aliphatic rings. The Bertz CT molecular complexity index is 762. The van der Waals surface area contributed by atoms with E-state index < -0.39 is 0 Å². The summed E-state index contributed by atoms with van der Waals surface area (Å²) in [4.78, 5) is 17.9. The summed E-state index contributed by atoms with van der Waals surface area (Å²) in [6, 6.07) is 14.4. The van der Waals surface area contributed by atoms with E-state index in [1.807, 2.05) is 48.4 Å². The molecule has 1 N–H and O–H groups in total. The number of hydrogen-bond acceptors (Lipinski definition) is 4. The lowest BCUT2D eigenvalue weighted by atomic mass is 10.2. The molecule has 4 nitrogen and oxygen atoms in total. The second kappa shape index (κ2) is 8.56. The van der Waals surface area contributed by atoms with Crippen LogP contribution < -0.4 is 10.2 Å². The number of thioether (sulfide) groups is 1. The van der Waals surface area contributed by atoms with Gasteiger partial charge in [0, 0.05) is 31.1 Å². The first-order valence-corrected chi connectivity index (χ1v) is 10.00. The van der Waals surface area contributed by atoms with E-state index in [4.69, 9.17) is 0 Å². The van der Waals surface area contributed by atoms with Crippen LogP contribution in [-0.2, 0) is 4.79 Å². The molecule has 1 saturated heterocycles. The van der Waals surface area contributed by atoms with Crippen molar-refractivity contribution in [1.82, 2.24) is 4.90 Å². The third kappa shape index (κ3) is 4.19. The molecule has 2 aromatic rings. The fraction of sp³-hybridized carbons (Fsp3) is 0.350. The van der Waals surface area contributed by atoms with Crippen LogP contribution in [0.5, 0.6) is 0 Å². The van der Waals surface area contributed by atoms with Crippen LogP contribution in [0.15, 0.2) is 53.4 Å². The molecule has 0 spiro atoms. The molecule has 138 valence electrons. The molecule has 0 radical (unpaired) electrons. The van der Waals surface area contributed by atoms with Crippen molar-refractivity contribution in [2.45, 2.75) is 17.9 Å². The predicted octanol–water partition coefficient (Wildman–Crippen LogP) is 3.70. The molecule has 2 aromatic carbocycles. The van der Waals surface area contributed by atoms with Gasteiger partial charge in [0.05, 0.1) is 17.4 Å². The summed E-state index contributed by atoms with van der Waals surface area (Å²) < 4.78 is 14.0. The van der Waals surface area contributed by atoms with Gasteiger partial charge in [-0.15, -0.1) is 11.8 Å². The van der Waals surface area contributed by atoms with Crippen LogP contribution in [0, 0.1) is 5.82 Å². The van der Waals surface area contributed by atoms with Crippen LogP contribution >= 0.6 is 11.8 Å². The highest BCUT2D eigenvalue weighted by Gasteiger charge is 2.26. The average Bonchev–Trinajstić information content (AvgIpc) is 2.68. The predicted molar refractivity (Wildman–Crippen MR) is 107 cm³/mol. The Morgan fingerprint density at radius 3 is 2.42 bits per heavy atom. The zero-order valence-corrected chi connectivity index (χ0v) is 15.9. The molecule has 1 aliphatic heterocycles. The number of para-hydroxylation sites is 2. The molecule has 0 saturated carbocycles. The molecule has 3 rings (SSSR count). The smallest absolute Gasteiger partial charge is 0.241 e. The standard InChI is InChI=1S/C20H24FN3OS/c1-15(20(25)22-17-8-4-6-10-19(17)26-2)23-11-13-24(14-12-23)18-9-5-3-7-16(18)21/h3-10,15H,11-14H2,1-2H3,(H,22,25)/t15-/m1/s1. The van der Waals surface area contributed by atoms with E-state index in [1.165, 1.54) is 6.07 Å². The number of nitrogens with one attached hydrogen (secondary N) is 1. The van der Waals surface area contributed by atoms with Gasteiger partial charge in [0.1, 0.15) is 5.82 Å². The Labute approximate surface area is 158 Å². The molecule has 26 heavy (non-hydrogen) atoms. The second-order valence-corrected chi connectivity index (χ2v) is 7.19. The van der Waals surface area contributed by atoms with Gasteiger partial charge in [-0.2, -0.15) is 0 Å². The molecule has 1 amide bonds. The number of halogens is 1. The lowest BCUT2D eigenvalue weighted by Crippen LogP contribution is -2.53. The maximum Gasteiger partial charge on any atom is 0.241 e. The number of benzene rings is 2. The van der Waals surface area contributed by atoms with Crippen LogP contribution in [0.4, 0.5) is 15.8 Å². The second-order valence-electron chi connectivity index (χ2n) is 6.34. The van der Waals surface area contributed by atoms with Crippen molar-refractivity contribution in [1.29, 1.82) is 0 Å². The van der Waals surface area contributed by atoms with Gasteiger partial charge in [0.15, 0.2) is 0 Å². The molecule has 6 heteroatoms. The van der Waals surface area contributed by atoms with Gasteiger partial charge >= 0.3 is 0 Å². The van der Waals surface area contributed by atoms with Crippen molar-refractivity contribution >= 4 is 29.0 Å². The summed E-state index contributed by atoms with van der Waals surface area (Å²) in [5.41, 5.74) is 1.49. The van der Waals surface area contributed by atoms with Gasteiger partial charge in [-0.1, -0.05) is 24.3 Å². The highest BCUT2D eigenvalue weighted by molar-refractivity contribution is 7.98. The zero-order valence-electron chi connectivity index (χ0n) is 15.1. The number of carbonyl (C=O) groups is 1. The fourth-order valence-electron chi connectivity index (χ4n) is 3.21. The van der Waals surface area contributed by atoms with Gasteiger partial charge in [0.2, 0.25) is 5.91 Å². The molecule has 1 heterocycles. The molecular weight excluding hydrogens is 349 g/mol. The van der Waals surface area contributed by atoms with E-state index in [0.29, 0.717) is 18.8 Å². The highest BCUT2D eigenvalue weighted by atomic mass is 32.2. The lowest BCUT2D eigenvalue weighted by Gasteiger charge is -2.38. The van der Waals surface area contributed by atoms with Crippen LogP contribution in [-0.4, -0.2) is 49.3 Å². The third-order valence-electron chi connectivity index (χ3n) is 4.80. The number of nitrogens with zero attached hydrogens (tertiary/aromatic N) is 2. The highest BCUT2D eigenvalue weighted by Crippen LogP contribution is 2.25. The summed E-state index contributed by atoms with van der Waals surface area (Å²) in [6.07, 6.45) is 2.00. The van der Waals surface area contributed by atoms with E-state index in [1.54, 1.807) is 23.9 Å². The Morgan fingerprint density at radius 2 is 1.73 bits per heavy atom. The first-order valence-electron chi connectivity index (χ1n) is 8.77. The van der Waals surface area contributed by atoms with Gasteiger partial charge in [-0.25, -0.2) is 4.39 Å². The van der Waals surface area contributed by atoms with Crippen LogP contribution in [0.25, 0.3) is 0 Å². The molecule has 1 fully saturated rings. The molecule has 1 atom stereocenters. The number of rotatable bonds is 5. The van der Waals surface area contributed by atoms with Crippen molar-refractivity contribution in [3.63, 3.8) is 0 Å². The maximum absolute atomic E-state index is 14.0. The summed E-state index contributed by atoms with van der Waals surface area (Å²) in [5, 5.41) is 3.04. The quantitative estimate of drug-likeness (QED) is 0.811. The van der Waals surface area contributed by atoms with E-state index in [0.717, 1.165) is 23.7 Å². The van der Waals surface area contributed by atoms with Gasteiger partial charge in [0.25, 0.3) is 0 Å². The Morgan fingerprint density at radius 1 is 1.08 bits per heavy atom. The van der Waals surface area contributed by atoms with Crippen molar-refractivity contribution in [3.05, 3.63) is 54.3 Å². The largest absolute Gasteiger partial charge is 0.367 e. The first kappa shape index (κ1) is 18.7. The average molecular weight is 373 g/mol. The number of hydrogen-bond donors (Lipinski definition) is 1. The van der Waals surface area contributed by atoms with Crippen LogP contribution in [0.3, 0.4) is 0 Å². The first-order chi connectivity index (χ1) is 12.6. The molecule has 0 unspecified atom stereocenters. The van der Waals surface area contributed by atoms with Gasteiger partial charge < -0.3 is 10.2 Å². The third-order valence-corrected chi connectivity index (χ3v) is 5.60. The summed E-state index contributed by atoms with van der Waals surface area (Å²) in [6.45, 7) is 4.80. The Kier molecular flexibility index (Phi) is 6.16. The zero-order chi connectivity index (χ0) is 18.5. The summed E-state index contributed by atoms with van der Waals surface area (Å²) in [7, 11) is 0. The van der Waals surface area contributed by atoms with E-state index in [9.17, 15) is 9.18 Å². The topological polar surface area (TPSA) is 35.6 Å². The number of carbonyl (C=O) groups excluding carboxylic acids is 1. The monoisotopic (exact) mass is 373 g/mol. The SMILES string of the molecule is CSc1ccccc1NC(=O)[C@@H](C)N1CCN(c2ccccc2F)CC1. The van der Waals surface area contributed by atoms with Gasteiger partial charge in [-0.05, 0) is 37.4 Å². The minimum atomic E-state index is -0.229. The molecule has 0 bridgehead atoms. The fourth-order valence-corrected chi connectivity index (χ4v) is 3.76. The van der Waals surface area contributed by atoms with E-state index in [-0.39, 0.29) is 17.8 Å². The lowest BCUT2D eigenvalue weighted by molar-refractivity contribution is -0.120. The number of piperazine rings is 1. The number of anilines is 2. The van der Waals surface area contributed by atoms with Gasteiger partial charge in [-0.3, -0.25) is 9.69 Å². The maximum atomic E-state index is 14.0. The summed E-state index contributed by atoms with van der Waals surface area (Å²) >= 11 is 1.61. The van der Waals surface area contributed by atoms with Crippen molar-refractivity contribution < 1.29 is 9.18 Å². The Balaban J connectivity index is 1.59. The van der Waals surface area contributed by atoms with Crippen molar-refractivity contribution in [3.8, 4) is 0 Å². The van der Waals surface area contributed by atoms with Crippen molar-refractivity contribution in [2.24, 2.45) is 0 Å². The van der Waals surface area contributed by atoms with Crippen LogP contribution in [0.2, 0.25) is 0 Å². The summed E-state index contributed by atoms with van der Waals surface area (Å²) in [5.74, 6) is -0.203. The molecular formula is C20H24FN3OS. The molecule has 0 aliphatic carbocycles. The molecule has 0 aromatic heterocycles. The normalized spacial score (nSPS) is 16.3. The Hall–Kier alpha value is -2.05. The minimum Gasteiger partial charge on any atom is -0.367 e. The minimum absolute atomic E-state index is 0.00848. The number of amides is 1. The van der Waals surface area contributed by atoms with Crippen molar-refractivity contribution in [2.75, 3.05) is 42.7 Å². The van der Waals surface area contributed by atoms with E-state index >= 15 is 0 Å². The van der Waals surface area contributed by atoms with E-state index in [2.05, 4.69) is 10.2 Å². The van der Waals surface area contributed by atoms with Crippen LogP contribution in [0.1, 0.15) is 6.92 Å².